The quantitative estimate of drug-likeness (QED) is 0.767. The minimum Gasteiger partial charge on any atom is -0.496 e. The van der Waals surface area contributed by atoms with Gasteiger partial charge in [0, 0.05) is 6.54 Å². The zero-order valence-electron chi connectivity index (χ0n) is 16.4. The van der Waals surface area contributed by atoms with Gasteiger partial charge in [0.2, 0.25) is 0 Å². The van der Waals surface area contributed by atoms with Crippen molar-refractivity contribution in [1.82, 2.24) is 10.2 Å². The number of methoxy groups -OCH3 is 1. The lowest BCUT2D eigenvalue weighted by Crippen LogP contribution is -2.53. The first-order valence-corrected chi connectivity index (χ1v) is 10.7. The highest BCUT2D eigenvalue weighted by Crippen LogP contribution is 2.46. The Hall–Kier alpha value is -1.27. The minimum absolute atomic E-state index is 0.0260. The van der Waals surface area contributed by atoms with Crippen molar-refractivity contribution >= 4 is 22.0 Å². The fourth-order valence-corrected chi connectivity index (χ4v) is 5.43. The third kappa shape index (κ3) is 3.70. The first kappa shape index (κ1) is 19.1. The molecule has 4 aliphatic rings. The van der Waals surface area contributed by atoms with Crippen LogP contribution in [-0.2, 0) is 11.2 Å². The third-order valence-corrected chi connectivity index (χ3v) is 7.28. The predicted octanol–water partition coefficient (Wildman–Crippen LogP) is 4.29. The summed E-state index contributed by atoms with van der Waals surface area (Å²) in [5, 5.41) is 3.19. The van der Waals surface area contributed by atoms with Gasteiger partial charge in [-0.2, -0.15) is 0 Å². The number of nitrogens with zero attached hydrogens (tertiary/aromatic N) is 1. The molecule has 1 aliphatic carbocycles. The number of amides is 1. The molecule has 3 heterocycles. The molecule has 1 amide bonds. The van der Waals surface area contributed by atoms with Crippen LogP contribution in [0.2, 0.25) is 0 Å². The SMILES string of the molecule is COc1cc2c(cc1Br)CCC(C)(C)C2NC(=O)O[C@@H]1CN2CCC1CC2. The van der Waals surface area contributed by atoms with Gasteiger partial charge in [0.1, 0.15) is 11.9 Å². The van der Waals surface area contributed by atoms with Gasteiger partial charge < -0.3 is 14.8 Å². The molecule has 0 radical (unpaired) electrons. The van der Waals surface area contributed by atoms with Gasteiger partial charge in [-0.15, -0.1) is 0 Å². The van der Waals surface area contributed by atoms with Crippen molar-refractivity contribution in [1.29, 1.82) is 0 Å². The fourth-order valence-electron chi connectivity index (χ4n) is 4.88. The van der Waals surface area contributed by atoms with Crippen LogP contribution in [0.3, 0.4) is 0 Å². The summed E-state index contributed by atoms with van der Waals surface area (Å²) in [6.07, 6.45) is 4.03. The zero-order chi connectivity index (χ0) is 19.2. The molecule has 1 aromatic carbocycles. The Labute approximate surface area is 169 Å². The molecule has 0 spiro atoms. The molecule has 5 nitrogen and oxygen atoms in total. The summed E-state index contributed by atoms with van der Waals surface area (Å²) in [4.78, 5) is 15.2. The summed E-state index contributed by atoms with van der Waals surface area (Å²) in [5.41, 5.74) is 2.35. The normalized spacial score (nSPS) is 31.1. The van der Waals surface area contributed by atoms with E-state index >= 15 is 0 Å². The van der Waals surface area contributed by atoms with Gasteiger partial charge in [-0.1, -0.05) is 13.8 Å². The van der Waals surface area contributed by atoms with E-state index in [0.717, 1.165) is 61.1 Å². The van der Waals surface area contributed by atoms with Gasteiger partial charge in [0.05, 0.1) is 17.6 Å². The number of carbonyl (C=O) groups is 1. The van der Waals surface area contributed by atoms with E-state index in [9.17, 15) is 4.79 Å². The average molecular weight is 437 g/mol. The summed E-state index contributed by atoms with van der Waals surface area (Å²) in [7, 11) is 1.67. The highest BCUT2D eigenvalue weighted by atomic mass is 79.9. The predicted molar refractivity (Wildman–Crippen MR) is 108 cm³/mol. The van der Waals surface area contributed by atoms with Gasteiger partial charge in [-0.05, 0) is 89.3 Å². The number of piperidine rings is 3. The van der Waals surface area contributed by atoms with Gasteiger partial charge in [-0.25, -0.2) is 4.79 Å². The van der Waals surface area contributed by atoms with Crippen molar-refractivity contribution < 1.29 is 14.3 Å². The molecule has 1 unspecified atom stereocenters. The maximum Gasteiger partial charge on any atom is 0.407 e. The van der Waals surface area contributed by atoms with E-state index in [1.807, 2.05) is 0 Å². The van der Waals surface area contributed by atoms with Crippen molar-refractivity contribution in [3.63, 3.8) is 0 Å². The van der Waals surface area contributed by atoms with Crippen LogP contribution in [0.25, 0.3) is 0 Å². The first-order valence-electron chi connectivity index (χ1n) is 9.93. The Balaban J connectivity index is 1.52. The second-order valence-corrected chi connectivity index (χ2v) is 9.69. The van der Waals surface area contributed by atoms with Gasteiger partial charge in [0.15, 0.2) is 0 Å². The Kier molecular flexibility index (Phi) is 5.14. The minimum atomic E-state index is -0.290. The van der Waals surface area contributed by atoms with Crippen molar-refractivity contribution in [3.05, 3.63) is 27.7 Å². The largest absolute Gasteiger partial charge is 0.496 e. The zero-order valence-corrected chi connectivity index (χ0v) is 18.0. The molecule has 27 heavy (non-hydrogen) atoms. The van der Waals surface area contributed by atoms with Crippen molar-refractivity contribution in [2.75, 3.05) is 26.7 Å². The molecule has 148 valence electrons. The Morgan fingerprint density at radius 3 is 2.67 bits per heavy atom. The number of carbonyl (C=O) groups excluding carboxylic acids is 1. The maximum absolute atomic E-state index is 12.8. The molecular weight excluding hydrogens is 408 g/mol. The average Bonchev–Trinajstić information content (AvgIpc) is 2.65. The van der Waals surface area contributed by atoms with E-state index in [4.69, 9.17) is 9.47 Å². The molecule has 5 rings (SSSR count). The number of fused-ring (bicyclic) bond motifs is 4. The molecule has 3 fully saturated rings. The van der Waals surface area contributed by atoms with E-state index < -0.39 is 0 Å². The van der Waals surface area contributed by atoms with E-state index in [1.54, 1.807) is 7.11 Å². The highest BCUT2D eigenvalue weighted by molar-refractivity contribution is 9.10. The van der Waals surface area contributed by atoms with Gasteiger partial charge in [-0.3, -0.25) is 4.90 Å². The molecule has 3 saturated heterocycles. The number of rotatable bonds is 3. The summed E-state index contributed by atoms with van der Waals surface area (Å²) in [6.45, 7) is 7.59. The van der Waals surface area contributed by atoms with E-state index in [2.05, 4.69) is 52.1 Å². The van der Waals surface area contributed by atoms with Gasteiger partial charge in [0.25, 0.3) is 0 Å². The molecule has 0 aromatic heterocycles. The van der Waals surface area contributed by atoms with E-state index in [1.165, 1.54) is 5.56 Å². The number of halogens is 1. The van der Waals surface area contributed by atoms with Crippen LogP contribution in [0.4, 0.5) is 4.79 Å². The number of hydrogen-bond donors (Lipinski definition) is 1. The number of hydrogen-bond acceptors (Lipinski definition) is 4. The lowest BCUT2D eigenvalue weighted by molar-refractivity contribution is -0.0353. The Morgan fingerprint density at radius 1 is 1.30 bits per heavy atom. The number of alkyl carbamates (subject to hydrolysis) is 1. The monoisotopic (exact) mass is 436 g/mol. The molecular formula is C21H29BrN2O3. The van der Waals surface area contributed by atoms with E-state index in [0.29, 0.717) is 5.92 Å². The summed E-state index contributed by atoms with van der Waals surface area (Å²) in [5.74, 6) is 1.31. The molecule has 6 heteroatoms. The van der Waals surface area contributed by atoms with Crippen molar-refractivity contribution in [2.45, 2.75) is 51.7 Å². The van der Waals surface area contributed by atoms with Crippen molar-refractivity contribution in [2.24, 2.45) is 11.3 Å². The number of benzene rings is 1. The van der Waals surface area contributed by atoms with Crippen LogP contribution in [0.15, 0.2) is 16.6 Å². The smallest absolute Gasteiger partial charge is 0.407 e. The van der Waals surface area contributed by atoms with Crippen LogP contribution in [0.5, 0.6) is 5.75 Å². The molecule has 1 aromatic rings. The van der Waals surface area contributed by atoms with Crippen LogP contribution in [-0.4, -0.2) is 43.8 Å². The summed E-state index contributed by atoms with van der Waals surface area (Å²) in [6, 6.07) is 4.09. The van der Waals surface area contributed by atoms with Crippen molar-refractivity contribution in [3.8, 4) is 5.75 Å². The highest BCUT2D eigenvalue weighted by Gasteiger charge is 2.40. The Bertz CT molecular complexity index is 728. The van der Waals surface area contributed by atoms with Crippen LogP contribution < -0.4 is 10.1 Å². The molecule has 3 aliphatic heterocycles. The Morgan fingerprint density at radius 2 is 2.04 bits per heavy atom. The fraction of sp³-hybridized carbons (Fsp3) is 0.667. The first-order chi connectivity index (χ1) is 12.9. The van der Waals surface area contributed by atoms with Crippen LogP contribution in [0, 0.1) is 11.3 Å². The summed E-state index contributed by atoms with van der Waals surface area (Å²) < 4.78 is 12.3. The third-order valence-electron chi connectivity index (χ3n) is 6.66. The number of aryl methyl sites for hydroxylation is 1. The lowest BCUT2D eigenvalue weighted by Gasteiger charge is -2.44. The summed E-state index contributed by atoms with van der Waals surface area (Å²) >= 11 is 3.58. The van der Waals surface area contributed by atoms with Crippen LogP contribution in [0.1, 0.15) is 50.3 Å². The molecule has 2 atom stereocenters. The number of nitrogens with one attached hydrogen (secondary N) is 1. The maximum atomic E-state index is 12.8. The second-order valence-electron chi connectivity index (χ2n) is 8.83. The molecule has 2 bridgehead atoms. The van der Waals surface area contributed by atoms with E-state index in [-0.39, 0.29) is 23.7 Å². The molecule has 1 N–H and O–H groups in total. The van der Waals surface area contributed by atoms with Crippen LogP contribution >= 0.6 is 15.9 Å². The lowest BCUT2D eigenvalue weighted by atomic mass is 9.70. The topological polar surface area (TPSA) is 50.8 Å². The van der Waals surface area contributed by atoms with Gasteiger partial charge >= 0.3 is 6.09 Å². The molecule has 0 saturated carbocycles. The standard InChI is InChI=1S/C21H29BrN2O3/c1-21(2)7-4-14-10-16(22)17(26-3)11-15(14)19(21)23-20(25)27-18-12-24-8-5-13(18)6-9-24/h10-11,13,18-19H,4-9,12H2,1-3H3,(H,23,25)/t18-,19?/m1/s1. The second kappa shape index (κ2) is 7.28. The number of ether oxygens (including phenoxy) is 2.